The number of hydrogen-bond acceptors (Lipinski definition) is 6. The normalized spacial score (nSPS) is 13.9. The van der Waals surface area contributed by atoms with Crippen molar-refractivity contribution in [1.29, 1.82) is 0 Å². The number of benzene rings is 2. The molecule has 1 heterocycles. The van der Waals surface area contributed by atoms with E-state index in [1.165, 1.54) is 14.0 Å². The molecule has 1 aliphatic heterocycles. The Hall–Kier alpha value is -3.55. The average Bonchev–Trinajstić information content (AvgIpc) is 2.82. The SMILES string of the molecule is COc1ccc(C(=O)N2CCC(NC(=O)COc3ccc(C(C)=O)cc3)CC2)cc1OC. The monoisotopic (exact) mass is 440 g/mol. The number of nitrogens with zero attached hydrogens (tertiary/aromatic N) is 1. The van der Waals surface area contributed by atoms with Crippen molar-refractivity contribution in [3.8, 4) is 17.2 Å². The minimum atomic E-state index is -0.217. The Balaban J connectivity index is 1.45. The van der Waals surface area contributed by atoms with Gasteiger partial charge in [-0.15, -0.1) is 0 Å². The first kappa shape index (κ1) is 23.1. The van der Waals surface area contributed by atoms with Crippen molar-refractivity contribution in [1.82, 2.24) is 10.2 Å². The first-order valence-corrected chi connectivity index (χ1v) is 10.5. The molecule has 0 bridgehead atoms. The van der Waals surface area contributed by atoms with Crippen LogP contribution in [0.5, 0.6) is 17.2 Å². The maximum absolute atomic E-state index is 12.8. The van der Waals surface area contributed by atoms with Crippen LogP contribution < -0.4 is 19.5 Å². The number of Topliss-reactive ketones (excluding diaryl/α,β-unsaturated/α-hetero) is 1. The summed E-state index contributed by atoms with van der Waals surface area (Å²) in [5, 5.41) is 2.96. The van der Waals surface area contributed by atoms with Gasteiger partial charge in [-0.05, 0) is 62.2 Å². The van der Waals surface area contributed by atoms with Crippen molar-refractivity contribution < 1.29 is 28.6 Å². The van der Waals surface area contributed by atoms with Gasteiger partial charge in [-0.3, -0.25) is 14.4 Å². The molecule has 2 aromatic carbocycles. The van der Waals surface area contributed by atoms with Crippen LogP contribution in [0.1, 0.15) is 40.5 Å². The Kier molecular flexibility index (Phi) is 7.70. The highest BCUT2D eigenvalue weighted by Crippen LogP contribution is 2.28. The molecule has 2 aromatic rings. The summed E-state index contributed by atoms with van der Waals surface area (Å²) in [7, 11) is 3.08. The van der Waals surface area contributed by atoms with Crippen LogP contribution in [-0.4, -0.2) is 62.5 Å². The van der Waals surface area contributed by atoms with Crippen LogP contribution in [0, 0.1) is 0 Å². The van der Waals surface area contributed by atoms with Gasteiger partial charge < -0.3 is 24.4 Å². The largest absolute Gasteiger partial charge is 0.493 e. The molecule has 3 rings (SSSR count). The molecular formula is C24H28N2O6. The smallest absolute Gasteiger partial charge is 0.258 e. The summed E-state index contributed by atoms with van der Waals surface area (Å²) in [6.45, 7) is 2.48. The lowest BCUT2D eigenvalue weighted by atomic mass is 10.0. The van der Waals surface area contributed by atoms with Crippen molar-refractivity contribution in [2.45, 2.75) is 25.8 Å². The predicted molar refractivity (Wildman–Crippen MR) is 119 cm³/mol. The predicted octanol–water partition coefficient (Wildman–Crippen LogP) is 2.71. The quantitative estimate of drug-likeness (QED) is 0.635. The van der Waals surface area contributed by atoms with E-state index >= 15 is 0 Å². The summed E-state index contributed by atoms with van der Waals surface area (Å²) in [5.74, 6) is 1.29. The molecule has 1 fully saturated rings. The third kappa shape index (κ3) is 5.78. The molecule has 1 aliphatic rings. The van der Waals surface area contributed by atoms with Crippen LogP contribution in [0.2, 0.25) is 0 Å². The van der Waals surface area contributed by atoms with E-state index in [9.17, 15) is 14.4 Å². The zero-order valence-electron chi connectivity index (χ0n) is 18.6. The maximum Gasteiger partial charge on any atom is 0.258 e. The highest BCUT2D eigenvalue weighted by atomic mass is 16.5. The fourth-order valence-corrected chi connectivity index (χ4v) is 3.58. The first-order valence-electron chi connectivity index (χ1n) is 10.5. The van der Waals surface area contributed by atoms with Crippen molar-refractivity contribution in [2.24, 2.45) is 0 Å². The van der Waals surface area contributed by atoms with Crippen molar-refractivity contribution in [3.63, 3.8) is 0 Å². The van der Waals surface area contributed by atoms with Gasteiger partial charge in [0.15, 0.2) is 23.9 Å². The van der Waals surface area contributed by atoms with Crippen molar-refractivity contribution in [2.75, 3.05) is 33.9 Å². The van der Waals surface area contributed by atoms with Crippen molar-refractivity contribution >= 4 is 17.6 Å². The zero-order valence-corrected chi connectivity index (χ0v) is 18.6. The summed E-state index contributed by atoms with van der Waals surface area (Å²) in [6.07, 6.45) is 1.33. The molecule has 0 aromatic heterocycles. The highest BCUT2D eigenvalue weighted by molar-refractivity contribution is 5.95. The van der Waals surface area contributed by atoms with E-state index in [0.717, 1.165) is 0 Å². The number of likely N-dealkylation sites (tertiary alicyclic amines) is 1. The maximum atomic E-state index is 12.8. The average molecular weight is 440 g/mol. The number of nitrogens with one attached hydrogen (secondary N) is 1. The molecule has 0 radical (unpaired) electrons. The first-order chi connectivity index (χ1) is 15.4. The van der Waals surface area contributed by atoms with Gasteiger partial charge in [-0.25, -0.2) is 0 Å². The highest BCUT2D eigenvalue weighted by Gasteiger charge is 2.25. The second-order valence-corrected chi connectivity index (χ2v) is 7.57. The van der Waals surface area contributed by atoms with Gasteiger partial charge in [0.2, 0.25) is 0 Å². The standard InChI is InChI=1S/C24H28N2O6/c1-16(27)17-4-7-20(8-5-17)32-15-23(28)25-19-10-12-26(13-11-19)24(29)18-6-9-21(30-2)22(14-18)31-3/h4-9,14,19H,10-13,15H2,1-3H3,(H,25,28). The third-order valence-electron chi connectivity index (χ3n) is 5.41. The summed E-state index contributed by atoms with van der Waals surface area (Å²) >= 11 is 0. The van der Waals surface area contributed by atoms with Gasteiger partial charge >= 0.3 is 0 Å². The van der Waals surface area contributed by atoms with E-state index in [1.807, 2.05) is 0 Å². The van der Waals surface area contributed by atoms with E-state index in [0.29, 0.717) is 54.3 Å². The Labute approximate surface area is 187 Å². The molecule has 0 unspecified atom stereocenters. The van der Waals surface area contributed by atoms with E-state index in [4.69, 9.17) is 14.2 Å². The Bertz CT molecular complexity index is 965. The molecule has 170 valence electrons. The van der Waals surface area contributed by atoms with Crippen LogP contribution in [0.25, 0.3) is 0 Å². The van der Waals surface area contributed by atoms with Gasteiger partial charge in [0.25, 0.3) is 11.8 Å². The summed E-state index contributed by atoms with van der Waals surface area (Å²) in [6, 6.07) is 11.8. The number of ether oxygens (including phenoxy) is 3. The summed E-state index contributed by atoms with van der Waals surface area (Å²) < 4.78 is 16.0. The lowest BCUT2D eigenvalue weighted by Gasteiger charge is -2.32. The number of ketones is 1. The molecule has 32 heavy (non-hydrogen) atoms. The molecule has 1 saturated heterocycles. The number of rotatable bonds is 8. The number of methoxy groups -OCH3 is 2. The molecule has 8 heteroatoms. The van der Waals surface area contributed by atoms with E-state index < -0.39 is 0 Å². The van der Waals surface area contributed by atoms with Gasteiger partial charge in [0.05, 0.1) is 14.2 Å². The van der Waals surface area contributed by atoms with Gasteiger partial charge in [0.1, 0.15) is 5.75 Å². The van der Waals surface area contributed by atoms with Crippen LogP contribution in [0.15, 0.2) is 42.5 Å². The summed E-state index contributed by atoms with van der Waals surface area (Å²) in [5.41, 5.74) is 1.13. The van der Waals surface area contributed by atoms with Gasteiger partial charge in [0, 0.05) is 30.3 Å². The molecule has 0 aliphatic carbocycles. The van der Waals surface area contributed by atoms with Gasteiger partial charge in [-0.1, -0.05) is 0 Å². The fourth-order valence-electron chi connectivity index (χ4n) is 3.58. The van der Waals surface area contributed by atoms with Crippen LogP contribution in [-0.2, 0) is 4.79 Å². The van der Waals surface area contributed by atoms with Crippen LogP contribution >= 0.6 is 0 Å². The topological polar surface area (TPSA) is 94.2 Å². The number of piperidine rings is 1. The molecule has 0 spiro atoms. The lowest BCUT2D eigenvalue weighted by Crippen LogP contribution is -2.47. The second kappa shape index (κ2) is 10.7. The molecule has 8 nitrogen and oxygen atoms in total. The minimum Gasteiger partial charge on any atom is -0.493 e. The van der Waals surface area contributed by atoms with Crippen LogP contribution in [0.3, 0.4) is 0 Å². The minimum absolute atomic E-state index is 0.0133. The summed E-state index contributed by atoms with van der Waals surface area (Å²) in [4.78, 5) is 38.1. The fraction of sp³-hybridized carbons (Fsp3) is 0.375. The number of carbonyl (C=O) groups excluding carboxylic acids is 3. The number of hydrogen-bond donors (Lipinski definition) is 1. The van der Waals surface area contributed by atoms with Crippen molar-refractivity contribution in [3.05, 3.63) is 53.6 Å². The van der Waals surface area contributed by atoms with E-state index in [-0.39, 0.29) is 30.2 Å². The Morgan fingerprint density at radius 3 is 2.16 bits per heavy atom. The molecular weight excluding hydrogens is 412 g/mol. The molecule has 0 saturated carbocycles. The molecule has 1 N–H and O–H groups in total. The number of amides is 2. The Morgan fingerprint density at radius 2 is 1.56 bits per heavy atom. The lowest BCUT2D eigenvalue weighted by molar-refractivity contribution is -0.124. The zero-order chi connectivity index (χ0) is 23.1. The third-order valence-corrected chi connectivity index (χ3v) is 5.41. The molecule has 0 atom stereocenters. The van der Waals surface area contributed by atoms with Crippen LogP contribution in [0.4, 0.5) is 0 Å². The van der Waals surface area contributed by atoms with Gasteiger partial charge in [-0.2, -0.15) is 0 Å². The van der Waals surface area contributed by atoms with E-state index in [1.54, 1.807) is 54.5 Å². The van der Waals surface area contributed by atoms with E-state index in [2.05, 4.69) is 5.32 Å². The molecule has 2 amide bonds. The second-order valence-electron chi connectivity index (χ2n) is 7.57. The Morgan fingerprint density at radius 1 is 0.938 bits per heavy atom. The number of carbonyl (C=O) groups is 3.